The highest BCUT2D eigenvalue weighted by molar-refractivity contribution is 7.99. The molecule has 130 valence electrons. The van der Waals surface area contributed by atoms with Crippen LogP contribution in [-0.2, 0) is 11.3 Å². The molecule has 1 N–H and O–H groups in total. The van der Waals surface area contributed by atoms with E-state index in [4.69, 9.17) is 11.6 Å². The lowest BCUT2D eigenvalue weighted by molar-refractivity contribution is -0.113. The van der Waals surface area contributed by atoms with Crippen molar-refractivity contribution in [2.45, 2.75) is 25.5 Å². The molecule has 2 heterocycles. The normalized spacial score (nSPS) is 10.8. The van der Waals surface area contributed by atoms with Gasteiger partial charge in [0.15, 0.2) is 11.0 Å². The Morgan fingerprint density at radius 2 is 2.16 bits per heavy atom. The Morgan fingerprint density at radius 3 is 2.84 bits per heavy atom. The second-order valence-corrected chi connectivity index (χ2v) is 7.58. The van der Waals surface area contributed by atoms with Gasteiger partial charge in [-0.15, -0.1) is 20.4 Å². The van der Waals surface area contributed by atoms with Crippen molar-refractivity contribution in [1.29, 1.82) is 0 Å². The number of nitrogens with zero attached hydrogens (tertiary/aromatic N) is 5. The van der Waals surface area contributed by atoms with Crippen LogP contribution >= 0.6 is 34.7 Å². The van der Waals surface area contributed by atoms with Gasteiger partial charge in [0.2, 0.25) is 11.0 Å². The zero-order valence-corrected chi connectivity index (χ0v) is 16.0. The fourth-order valence-electron chi connectivity index (χ4n) is 2.15. The second-order valence-electron chi connectivity index (χ2n) is 5.02. The number of nitrogens with one attached hydrogen (secondary N) is 1. The minimum absolute atomic E-state index is 0.156. The molecule has 0 aliphatic heterocycles. The van der Waals surface area contributed by atoms with Gasteiger partial charge in [-0.2, -0.15) is 0 Å². The third-order valence-electron chi connectivity index (χ3n) is 3.22. The molecular weight excluding hydrogens is 380 g/mol. The highest BCUT2D eigenvalue weighted by Gasteiger charge is 2.15. The van der Waals surface area contributed by atoms with E-state index >= 15 is 0 Å². The van der Waals surface area contributed by atoms with Gasteiger partial charge >= 0.3 is 0 Å². The summed E-state index contributed by atoms with van der Waals surface area (Å²) in [5.74, 6) is 0.788. The summed E-state index contributed by atoms with van der Waals surface area (Å²) in [4.78, 5) is 12.0. The Labute approximate surface area is 157 Å². The maximum absolute atomic E-state index is 12.0. The number of anilines is 1. The van der Waals surface area contributed by atoms with Crippen molar-refractivity contribution >= 4 is 45.7 Å². The van der Waals surface area contributed by atoms with Crippen LogP contribution in [0.2, 0.25) is 5.02 Å². The number of aromatic nitrogens is 5. The maximum atomic E-state index is 12.0. The topological polar surface area (TPSA) is 85.6 Å². The van der Waals surface area contributed by atoms with Crippen LogP contribution in [0.1, 0.15) is 11.9 Å². The average Bonchev–Trinajstić information content (AvgIpc) is 3.18. The molecule has 25 heavy (non-hydrogen) atoms. The largest absolute Gasteiger partial charge is 0.302 e. The number of thioether (sulfide) groups is 1. The molecule has 7 nitrogen and oxygen atoms in total. The molecule has 0 saturated carbocycles. The average molecular weight is 395 g/mol. The predicted octanol–water partition coefficient (Wildman–Crippen LogP) is 3.51. The van der Waals surface area contributed by atoms with E-state index in [1.807, 2.05) is 42.7 Å². The van der Waals surface area contributed by atoms with Gasteiger partial charge in [-0.25, -0.2) is 0 Å². The van der Waals surface area contributed by atoms with Gasteiger partial charge in [-0.3, -0.25) is 10.1 Å². The molecule has 1 aromatic carbocycles. The van der Waals surface area contributed by atoms with Crippen molar-refractivity contribution in [3.05, 3.63) is 34.3 Å². The van der Waals surface area contributed by atoms with Gasteiger partial charge in [0.25, 0.3) is 0 Å². The van der Waals surface area contributed by atoms with Crippen LogP contribution in [0.5, 0.6) is 0 Å². The molecule has 0 aliphatic rings. The van der Waals surface area contributed by atoms with Crippen LogP contribution in [0.4, 0.5) is 5.13 Å². The van der Waals surface area contributed by atoms with E-state index in [1.54, 1.807) is 0 Å². The summed E-state index contributed by atoms with van der Waals surface area (Å²) in [5, 5.41) is 21.6. The summed E-state index contributed by atoms with van der Waals surface area (Å²) in [6.45, 7) is 4.53. The number of benzene rings is 1. The molecular formula is C15H15ClN6OS2. The number of amides is 1. The first-order valence-corrected chi connectivity index (χ1v) is 9.66. The fourth-order valence-corrected chi connectivity index (χ4v) is 3.75. The van der Waals surface area contributed by atoms with E-state index in [2.05, 4.69) is 25.7 Å². The highest BCUT2D eigenvalue weighted by atomic mass is 35.5. The standard InChI is InChI=1S/C15H15ClN6OS2/c1-3-22-13(10-5-4-6-11(16)7-10)19-21-15(22)24-8-12(23)17-14-20-18-9(2)25-14/h4-7H,3,8H2,1-2H3,(H,17,20,23). The van der Waals surface area contributed by atoms with Crippen molar-refractivity contribution in [2.24, 2.45) is 0 Å². The van der Waals surface area contributed by atoms with Crippen LogP contribution < -0.4 is 5.32 Å². The number of carbonyl (C=O) groups is 1. The van der Waals surface area contributed by atoms with E-state index < -0.39 is 0 Å². The Morgan fingerprint density at radius 1 is 1.32 bits per heavy atom. The van der Waals surface area contributed by atoms with Gasteiger partial charge < -0.3 is 4.57 Å². The van der Waals surface area contributed by atoms with Crippen LogP contribution in [0.25, 0.3) is 11.4 Å². The van der Waals surface area contributed by atoms with Crippen LogP contribution in [-0.4, -0.2) is 36.6 Å². The first-order valence-electron chi connectivity index (χ1n) is 7.48. The maximum Gasteiger partial charge on any atom is 0.236 e. The van der Waals surface area contributed by atoms with E-state index in [9.17, 15) is 4.79 Å². The third kappa shape index (κ3) is 4.36. The zero-order valence-electron chi connectivity index (χ0n) is 13.6. The Balaban J connectivity index is 1.69. The van der Waals surface area contributed by atoms with Crippen molar-refractivity contribution in [3.63, 3.8) is 0 Å². The minimum Gasteiger partial charge on any atom is -0.302 e. The molecule has 0 bridgehead atoms. The van der Waals surface area contributed by atoms with Crippen LogP contribution in [0.3, 0.4) is 0 Å². The fraction of sp³-hybridized carbons (Fsp3) is 0.267. The first-order chi connectivity index (χ1) is 12.1. The Kier molecular flexibility index (Phi) is 5.67. The number of halogens is 1. The van der Waals surface area contributed by atoms with Crippen molar-refractivity contribution < 1.29 is 4.79 Å². The van der Waals surface area contributed by atoms with Crippen molar-refractivity contribution in [2.75, 3.05) is 11.1 Å². The summed E-state index contributed by atoms with van der Waals surface area (Å²) in [6.07, 6.45) is 0. The van der Waals surface area contributed by atoms with Crippen LogP contribution in [0.15, 0.2) is 29.4 Å². The molecule has 2 aromatic heterocycles. The Bertz CT molecular complexity index is 894. The lowest BCUT2D eigenvalue weighted by Crippen LogP contribution is -2.14. The number of rotatable bonds is 6. The van der Waals surface area contributed by atoms with Gasteiger partial charge in [0.05, 0.1) is 5.75 Å². The predicted molar refractivity (Wildman–Crippen MR) is 100 cm³/mol. The monoisotopic (exact) mass is 394 g/mol. The summed E-state index contributed by atoms with van der Waals surface area (Å²) >= 11 is 8.72. The van der Waals surface area contributed by atoms with Gasteiger partial charge in [-0.05, 0) is 26.0 Å². The SMILES string of the molecule is CCn1c(SCC(=O)Nc2nnc(C)s2)nnc1-c1cccc(Cl)c1. The van der Waals surface area contributed by atoms with Crippen molar-refractivity contribution in [3.8, 4) is 11.4 Å². The van der Waals surface area contributed by atoms with E-state index in [1.165, 1.54) is 23.1 Å². The number of hydrogen-bond donors (Lipinski definition) is 1. The minimum atomic E-state index is -0.156. The van der Waals surface area contributed by atoms with E-state index in [0.717, 1.165) is 16.4 Å². The highest BCUT2D eigenvalue weighted by Crippen LogP contribution is 2.26. The molecule has 0 aliphatic carbocycles. The summed E-state index contributed by atoms with van der Waals surface area (Å²) in [5.41, 5.74) is 0.891. The quantitative estimate of drug-likeness (QED) is 0.644. The first kappa shape index (κ1) is 17.8. The Hall–Kier alpha value is -1.97. The molecule has 0 saturated heterocycles. The molecule has 0 atom stereocenters. The third-order valence-corrected chi connectivity index (χ3v) is 5.18. The molecule has 10 heteroatoms. The molecule has 0 radical (unpaired) electrons. The smallest absolute Gasteiger partial charge is 0.236 e. The second kappa shape index (κ2) is 7.94. The van der Waals surface area contributed by atoms with E-state index in [0.29, 0.717) is 21.9 Å². The van der Waals surface area contributed by atoms with E-state index in [-0.39, 0.29) is 11.7 Å². The molecule has 0 spiro atoms. The van der Waals surface area contributed by atoms with Crippen LogP contribution in [0, 0.1) is 6.92 Å². The van der Waals surface area contributed by atoms with Crippen molar-refractivity contribution in [1.82, 2.24) is 25.0 Å². The van der Waals surface area contributed by atoms with Gasteiger partial charge in [-0.1, -0.05) is 46.8 Å². The molecule has 3 rings (SSSR count). The lowest BCUT2D eigenvalue weighted by atomic mass is 10.2. The summed E-state index contributed by atoms with van der Waals surface area (Å²) in [6, 6.07) is 7.46. The molecule has 0 fully saturated rings. The zero-order chi connectivity index (χ0) is 17.8. The molecule has 0 unspecified atom stereocenters. The summed E-state index contributed by atoms with van der Waals surface area (Å²) in [7, 11) is 0. The number of carbonyl (C=O) groups excluding carboxylic acids is 1. The molecule has 3 aromatic rings. The summed E-state index contributed by atoms with van der Waals surface area (Å²) < 4.78 is 1.96. The van der Waals surface area contributed by atoms with Gasteiger partial charge in [0.1, 0.15) is 5.01 Å². The number of aryl methyl sites for hydroxylation is 1. The lowest BCUT2D eigenvalue weighted by Gasteiger charge is -2.07. The molecule has 1 amide bonds. The van der Waals surface area contributed by atoms with Gasteiger partial charge in [0, 0.05) is 17.1 Å². The number of hydrogen-bond acceptors (Lipinski definition) is 7.